The van der Waals surface area contributed by atoms with Crippen LogP contribution in [0.25, 0.3) is 0 Å². The average molecular weight is 335 g/mol. The van der Waals surface area contributed by atoms with Gasteiger partial charge in [0.25, 0.3) is 0 Å². The lowest BCUT2D eigenvalue weighted by Gasteiger charge is -2.14. The molecule has 1 aromatic carbocycles. The number of hydrogen-bond acceptors (Lipinski definition) is 4. The number of primary amides is 1. The Bertz CT molecular complexity index is 577. The molecule has 0 bridgehead atoms. The highest BCUT2D eigenvalue weighted by Crippen LogP contribution is 2.25. The van der Waals surface area contributed by atoms with E-state index in [1.165, 1.54) is 0 Å². The first-order chi connectivity index (χ1) is 9.84. The second kappa shape index (κ2) is 8.09. The normalized spacial score (nSPS) is 12.7. The van der Waals surface area contributed by atoms with E-state index in [4.69, 9.17) is 22.1 Å². The van der Waals surface area contributed by atoms with Gasteiger partial charge >= 0.3 is 0 Å². The molecule has 1 aromatic rings. The molecule has 1 rings (SSSR count). The Morgan fingerprint density at radius 1 is 1.43 bits per heavy atom. The van der Waals surface area contributed by atoms with Crippen molar-refractivity contribution in [2.24, 2.45) is 11.7 Å². The number of carbonyl (C=O) groups excluding carboxylic acids is 1. The summed E-state index contributed by atoms with van der Waals surface area (Å²) in [6.45, 7) is 1.84. The first-order valence-electron chi connectivity index (χ1n) is 6.40. The number of halogens is 1. The molecular formula is C13H19ClN2O4S. The fraction of sp³-hybridized carbons (Fsp3) is 0.462. The van der Waals surface area contributed by atoms with E-state index in [0.717, 1.165) is 0 Å². The zero-order valence-electron chi connectivity index (χ0n) is 11.7. The van der Waals surface area contributed by atoms with Crippen LogP contribution < -0.4 is 15.2 Å². The lowest BCUT2D eigenvalue weighted by molar-refractivity contribution is -0.118. The lowest BCUT2D eigenvalue weighted by atomic mass is 10.3. The largest absolute Gasteiger partial charge is 0.491 e. The Balaban J connectivity index is 2.76. The van der Waals surface area contributed by atoms with E-state index in [2.05, 4.69) is 4.72 Å². The summed E-state index contributed by atoms with van der Waals surface area (Å²) in [5.74, 6) is -0.110. The SMILES string of the molecule is CC(CCl)CS(=O)(=O)Nc1ccccc1OCCC(N)=O. The van der Waals surface area contributed by atoms with E-state index < -0.39 is 15.9 Å². The molecule has 0 radical (unpaired) electrons. The van der Waals surface area contributed by atoms with Crippen LogP contribution in [0, 0.1) is 5.92 Å². The van der Waals surface area contributed by atoms with Crippen LogP contribution in [0.1, 0.15) is 13.3 Å². The van der Waals surface area contributed by atoms with Gasteiger partial charge in [0.1, 0.15) is 5.75 Å². The summed E-state index contributed by atoms with van der Waals surface area (Å²) in [5, 5.41) is 0. The van der Waals surface area contributed by atoms with Crippen molar-refractivity contribution >= 4 is 33.2 Å². The molecule has 1 unspecified atom stereocenters. The minimum Gasteiger partial charge on any atom is -0.491 e. The van der Waals surface area contributed by atoms with Crippen LogP contribution in [0.2, 0.25) is 0 Å². The highest BCUT2D eigenvalue weighted by molar-refractivity contribution is 7.92. The van der Waals surface area contributed by atoms with Gasteiger partial charge in [-0.2, -0.15) is 0 Å². The van der Waals surface area contributed by atoms with Gasteiger partial charge < -0.3 is 10.5 Å². The minimum atomic E-state index is -3.52. The van der Waals surface area contributed by atoms with Crippen molar-refractivity contribution < 1.29 is 17.9 Å². The van der Waals surface area contributed by atoms with Crippen molar-refractivity contribution in [3.63, 3.8) is 0 Å². The molecule has 118 valence electrons. The number of carbonyl (C=O) groups is 1. The van der Waals surface area contributed by atoms with Gasteiger partial charge in [-0.25, -0.2) is 8.42 Å². The maximum atomic E-state index is 12.0. The molecule has 1 atom stereocenters. The molecule has 8 heteroatoms. The number of hydrogen-bond donors (Lipinski definition) is 2. The highest BCUT2D eigenvalue weighted by Gasteiger charge is 2.17. The topological polar surface area (TPSA) is 98.5 Å². The monoisotopic (exact) mass is 334 g/mol. The predicted molar refractivity (Wildman–Crippen MR) is 83.0 cm³/mol. The third-order valence-corrected chi connectivity index (χ3v) is 4.59. The first-order valence-corrected chi connectivity index (χ1v) is 8.59. The number of sulfonamides is 1. The van der Waals surface area contributed by atoms with Crippen LogP contribution in [0.3, 0.4) is 0 Å². The number of anilines is 1. The Morgan fingerprint density at radius 3 is 2.71 bits per heavy atom. The first kappa shape index (κ1) is 17.6. The van der Waals surface area contributed by atoms with E-state index in [1.54, 1.807) is 31.2 Å². The van der Waals surface area contributed by atoms with E-state index in [0.29, 0.717) is 11.4 Å². The van der Waals surface area contributed by atoms with E-state index >= 15 is 0 Å². The summed E-state index contributed by atoms with van der Waals surface area (Å²) in [6.07, 6.45) is 0.0599. The van der Waals surface area contributed by atoms with Crippen molar-refractivity contribution in [2.75, 3.05) is 23.0 Å². The van der Waals surface area contributed by atoms with Crippen LogP contribution in [0.4, 0.5) is 5.69 Å². The molecule has 3 N–H and O–H groups in total. The molecule has 0 aliphatic carbocycles. The number of ether oxygens (including phenoxy) is 1. The summed E-state index contributed by atoms with van der Waals surface area (Å²) in [6, 6.07) is 6.59. The van der Waals surface area contributed by atoms with Gasteiger partial charge in [-0.15, -0.1) is 11.6 Å². The zero-order valence-corrected chi connectivity index (χ0v) is 13.3. The van der Waals surface area contributed by atoms with E-state index in [-0.39, 0.29) is 30.6 Å². The second-order valence-corrected chi connectivity index (χ2v) is 6.78. The molecule has 0 saturated carbocycles. The van der Waals surface area contributed by atoms with Gasteiger partial charge in [-0.1, -0.05) is 19.1 Å². The Labute approximate surface area is 129 Å². The van der Waals surface area contributed by atoms with Crippen molar-refractivity contribution in [1.82, 2.24) is 0 Å². The molecule has 0 aliphatic rings. The van der Waals surface area contributed by atoms with Crippen molar-refractivity contribution in [3.05, 3.63) is 24.3 Å². The average Bonchev–Trinajstić information content (AvgIpc) is 2.39. The van der Waals surface area contributed by atoms with Crippen molar-refractivity contribution in [2.45, 2.75) is 13.3 Å². The second-order valence-electron chi connectivity index (χ2n) is 4.70. The lowest BCUT2D eigenvalue weighted by Crippen LogP contribution is -2.22. The summed E-state index contributed by atoms with van der Waals surface area (Å²) >= 11 is 5.63. The maximum absolute atomic E-state index is 12.0. The van der Waals surface area contributed by atoms with Gasteiger partial charge in [-0.05, 0) is 18.1 Å². The number of rotatable bonds is 9. The summed E-state index contributed by atoms with van der Waals surface area (Å²) in [7, 11) is -3.52. The number of para-hydroxylation sites is 2. The van der Waals surface area contributed by atoms with E-state index in [1.807, 2.05) is 0 Å². The smallest absolute Gasteiger partial charge is 0.233 e. The Kier molecular flexibility index (Phi) is 6.77. The number of amides is 1. The fourth-order valence-electron chi connectivity index (χ4n) is 1.57. The number of nitrogens with one attached hydrogen (secondary N) is 1. The summed E-state index contributed by atoms with van der Waals surface area (Å²) < 4.78 is 31.8. The van der Waals surface area contributed by atoms with Gasteiger partial charge in [0.05, 0.1) is 24.5 Å². The van der Waals surface area contributed by atoms with Crippen LogP contribution in [-0.2, 0) is 14.8 Å². The summed E-state index contributed by atoms with van der Waals surface area (Å²) in [5.41, 5.74) is 5.35. The quantitative estimate of drug-likeness (QED) is 0.669. The third kappa shape index (κ3) is 6.68. The molecule has 6 nitrogen and oxygen atoms in total. The molecule has 0 spiro atoms. The van der Waals surface area contributed by atoms with E-state index in [9.17, 15) is 13.2 Å². The van der Waals surface area contributed by atoms with Gasteiger partial charge in [0.2, 0.25) is 15.9 Å². The van der Waals surface area contributed by atoms with Crippen LogP contribution >= 0.6 is 11.6 Å². The highest BCUT2D eigenvalue weighted by atomic mass is 35.5. The molecule has 0 fully saturated rings. The van der Waals surface area contributed by atoms with Crippen molar-refractivity contribution in [3.8, 4) is 5.75 Å². The maximum Gasteiger partial charge on any atom is 0.233 e. The van der Waals surface area contributed by atoms with Crippen LogP contribution in [-0.4, -0.2) is 32.6 Å². The molecule has 0 heterocycles. The summed E-state index contributed by atoms with van der Waals surface area (Å²) in [4.78, 5) is 10.7. The minimum absolute atomic E-state index is 0.0599. The number of alkyl halides is 1. The van der Waals surface area contributed by atoms with Gasteiger partial charge in [0, 0.05) is 5.88 Å². The van der Waals surface area contributed by atoms with Crippen LogP contribution in [0.15, 0.2) is 24.3 Å². The molecule has 1 amide bonds. The molecule has 21 heavy (non-hydrogen) atoms. The predicted octanol–water partition coefficient (Wildman–Crippen LogP) is 1.56. The Morgan fingerprint density at radius 2 is 2.10 bits per heavy atom. The fourth-order valence-corrected chi connectivity index (χ4v) is 3.26. The van der Waals surface area contributed by atoms with Gasteiger partial charge in [-0.3, -0.25) is 9.52 Å². The van der Waals surface area contributed by atoms with Crippen LogP contribution in [0.5, 0.6) is 5.75 Å². The van der Waals surface area contributed by atoms with Gasteiger partial charge in [0.15, 0.2) is 0 Å². The molecular weight excluding hydrogens is 316 g/mol. The Hall–Kier alpha value is -1.47. The van der Waals surface area contributed by atoms with Crippen molar-refractivity contribution in [1.29, 1.82) is 0 Å². The standard InChI is InChI=1S/C13H19ClN2O4S/c1-10(8-14)9-21(18,19)16-11-4-2-3-5-12(11)20-7-6-13(15)17/h2-5,10,16H,6-9H2,1H3,(H2,15,17). The molecule has 0 aromatic heterocycles. The molecule has 0 saturated heterocycles. The zero-order chi connectivity index (χ0) is 15.9. The number of benzene rings is 1. The third-order valence-electron chi connectivity index (χ3n) is 2.53. The molecule has 0 aliphatic heterocycles. The number of nitrogens with two attached hydrogens (primary N) is 1.